The number of rotatable bonds is 4. The van der Waals surface area contributed by atoms with Gasteiger partial charge >= 0.3 is 12.2 Å². The van der Waals surface area contributed by atoms with E-state index in [-0.39, 0.29) is 6.54 Å². The third kappa shape index (κ3) is 4.31. The van der Waals surface area contributed by atoms with E-state index in [1.54, 1.807) is 13.8 Å². The fraction of sp³-hybridized carbons (Fsp3) is 0.692. The summed E-state index contributed by atoms with van der Waals surface area (Å²) < 4.78 is 68.9. The van der Waals surface area contributed by atoms with Crippen LogP contribution >= 0.6 is 0 Å². The van der Waals surface area contributed by atoms with Gasteiger partial charge in [0.05, 0.1) is 11.8 Å². The first kappa shape index (κ1) is 17.9. The number of sulfonamides is 1. The van der Waals surface area contributed by atoms with Crippen LogP contribution in [0.5, 0.6) is 6.01 Å². The van der Waals surface area contributed by atoms with Gasteiger partial charge in [-0.15, -0.1) is 0 Å². The van der Waals surface area contributed by atoms with Crippen molar-refractivity contribution in [1.29, 1.82) is 0 Å². The van der Waals surface area contributed by atoms with Crippen LogP contribution in [0, 0.1) is 0 Å². The van der Waals surface area contributed by atoms with Gasteiger partial charge in [-0.05, 0) is 32.8 Å². The molecule has 1 aliphatic heterocycles. The SMILES string of the molecule is CC(C)S(=O)(=O)N1CCCC(Oc2nccc(C(F)(F)F)n2)C1. The van der Waals surface area contributed by atoms with Crippen LogP contribution in [0.3, 0.4) is 0 Å². The fourth-order valence-corrected chi connectivity index (χ4v) is 3.59. The quantitative estimate of drug-likeness (QED) is 0.829. The van der Waals surface area contributed by atoms with E-state index in [4.69, 9.17) is 4.74 Å². The molecule has 0 amide bonds. The molecule has 0 spiro atoms. The Hall–Kier alpha value is -1.42. The molecule has 1 fully saturated rings. The van der Waals surface area contributed by atoms with Crippen molar-refractivity contribution in [2.45, 2.75) is 44.2 Å². The van der Waals surface area contributed by atoms with Crippen LogP contribution in [-0.2, 0) is 16.2 Å². The molecule has 0 N–H and O–H groups in total. The van der Waals surface area contributed by atoms with E-state index >= 15 is 0 Å². The number of aromatic nitrogens is 2. The molecule has 0 aromatic carbocycles. The zero-order valence-electron chi connectivity index (χ0n) is 12.7. The van der Waals surface area contributed by atoms with E-state index in [1.165, 1.54) is 4.31 Å². The predicted molar refractivity (Wildman–Crippen MR) is 76.3 cm³/mol. The highest BCUT2D eigenvalue weighted by Gasteiger charge is 2.34. The zero-order chi connectivity index (χ0) is 17.3. The summed E-state index contributed by atoms with van der Waals surface area (Å²) in [4.78, 5) is 7.00. The highest BCUT2D eigenvalue weighted by Crippen LogP contribution is 2.28. The molecule has 10 heteroatoms. The van der Waals surface area contributed by atoms with Gasteiger partial charge in [0.25, 0.3) is 0 Å². The Balaban J connectivity index is 2.09. The predicted octanol–water partition coefficient (Wildman–Crippen LogP) is 2.08. The summed E-state index contributed by atoms with van der Waals surface area (Å²) in [5, 5.41) is -0.564. The van der Waals surface area contributed by atoms with Gasteiger partial charge in [-0.2, -0.15) is 22.5 Å². The molecule has 1 saturated heterocycles. The number of halogens is 3. The highest BCUT2D eigenvalue weighted by atomic mass is 32.2. The lowest BCUT2D eigenvalue weighted by Crippen LogP contribution is -2.46. The Bertz CT molecular complexity index is 649. The van der Waals surface area contributed by atoms with Crippen molar-refractivity contribution in [3.8, 4) is 6.01 Å². The number of piperidine rings is 1. The van der Waals surface area contributed by atoms with Gasteiger partial charge < -0.3 is 4.74 Å². The Morgan fingerprint density at radius 3 is 2.70 bits per heavy atom. The molecule has 0 aliphatic carbocycles. The first-order chi connectivity index (χ1) is 10.6. The average molecular weight is 353 g/mol. The largest absolute Gasteiger partial charge is 0.459 e. The van der Waals surface area contributed by atoms with Crippen LogP contribution in [0.25, 0.3) is 0 Å². The van der Waals surface area contributed by atoms with Gasteiger partial charge in [-0.3, -0.25) is 0 Å². The van der Waals surface area contributed by atoms with Crippen molar-refractivity contribution in [2.75, 3.05) is 13.1 Å². The lowest BCUT2D eigenvalue weighted by molar-refractivity contribution is -0.141. The molecule has 1 aliphatic rings. The molecular weight excluding hydrogens is 335 g/mol. The molecule has 1 unspecified atom stereocenters. The third-order valence-corrected chi connectivity index (χ3v) is 5.74. The van der Waals surface area contributed by atoms with Crippen LogP contribution in [0.1, 0.15) is 32.4 Å². The molecule has 1 aromatic heterocycles. The summed E-state index contributed by atoms with van der Waals surface area (Å²) in [7, 11) is -3.42. The standard InChI is InChI=1S/C13H18F3N3O3S/c1-9(2)23(20,21)19-7-3-4-10(8-19)22-12-17-6-5-11(18-12)13(14,15)16/h5-6,9-10H,3-4,7-8H2,1-2H3. The minimum absolute atomic E-state index is 0.0835. The van der Waals surface area contributed by atoms with Gasteiger partial charge in [-0.25, -0.2) is 13.4 Å². The number of hydrogen-bond acceptors (Lipinski definition) is 5. The molecule has 130 valence electrons. The van der Waals surface area contributed by atoms with Gasteiger partial charge in [-0.1, -0.05) is 0 Å². The second kappa shape index (κ2) is 6.60. The minimum atomic E-state index is -4.58. The highest BCUT2D eigenvalue weighted by molar-refractivity contribution is 7.89. The van der Waals surface area contributed by atoms with Crippen molar-refractivity contribution in [2.24, 2.45) is 0 Å². The first-order valence-corrected chi connectivity index (χ1v) is 8.67. The van der Waals surface area contributed by atoms with E-state index in [0.29, 0.717) is 19.4 Å². The molecule has 6 nitrogen and oxygen atoms in total. The smallest absolute Gasteiger partial charge is 0.433 e. The van der Waals surface area contributed by atoms with Crippen molar-refractivity contribution < 1.29 is 26.3 Å². The number of alkyl halides is 3. The summed E-state index contributed by atoms with van der Waals surface area (Å²) in [6.45, 7) is 3.62. The van der Waals surface area contributed by atoms with Crippen LogP contribution in [0.15, 0.2) is 12.3 Å². The molecule has 1 aromatic rings. The number of hydrogen-bond donors (Lipinski definition) is 0. The molecule has 2 heterocycles. The topological polar surface area (TPSA) is 72.4 Å². The van der Waals surface area contributed by atoms with E-state index in [0.717, 1.165) is 12.3 Å². The Morgan fingerprint density at radius 2 is 2.09 bits per heavy atom. The maximum atomic E-state index is 12.6. The van der Waals surface area contributed by atoms with Crippen LogP contribution in [0.4, 0.5) is 13.2 Å². The Labute approximate surface area is 132 Å². The summed E-state index contributed by atoms with van der Waals surface area (Å²) in [6, 6.07) is 0.358. The second-order valence-electron chi connectivity index (χ2n) is 5.56. The molecule has 1 atom stereocenters. The van der Waals surface area contributed by atoms with Gasteiger partial charge in [0.2, 0.25) is 10.0 Å². The normalized spacial score (nSPS) is 20.7. The average Bonchev–Trinajstić information content (AvgIpc) is 2.47. The number of nitrogens with zero attached hydrogens (tertiary/aromatic N) is 3. The lowest BCUT2D eigenvalue weighted by atomic mass is 10.1. The second-order valence-corrected chi connectivity index (χ2v) is 8.05. The summed E-state index contributed by atoms with van der Waals surface area (Å²) in [6.07, 6.45) is -3.09. The molecule has 0 bridgehead atoms. The zero-order valence-corrected chi connectivity index (χ0v) is 13.6. The van der Waals surface area contributed by atoms with Crippen molar-refractivity contribution in [3.05, 3.63) is 18.0 Å². The van der Waals surface area contributed by atoms with E-state index in [9.17, 15) is 21.6 Å². The van der Waals surface area contributed by atoms with Crippen molar-refractivity contribution in [3.63, 3.8) is 0 Å². The monoisotopic (exact) mass is 353 g/mol. The van der Waals surface area contributed by atoms with E-state index < -0.39 is 39.3 Å². The summed E-state index contributed by atoms with van der Waals surface area (Å²) in [5.74, 6) is 0. The Kier molecular flexibility index (Phi) is 5.14. The van der Waals surface area contributed by atoms with Crippen LogP contribution in [0.2, 0.25) is 0 Å². The van der Waals surface area contributed by atoms with E-state index in [2.05, 4.69) is 9.97 Å². The van der Waals surface area contributed by atoms with Crippen molar-refractivity contribution in [1.82, 2.24) is 14.3 Å². The lowest BCUT2D eigenvalue weighted by Gasteiger charge is -2.32. The molecule has 2 rings (SSSR count). The molecular formula is C13H18F3N3O3S. The van der Waals surface area contributed by atoms with Crippen LogP contribution in [-0.4, -0.2) is 47.1 Å². The number of ether oxygens (including phenoxy) is 1. The van der Waals surface area contributed by atoms with E-state index in [1.807, 2.05) is 0 Å². The van der Waals surface area contributed by atoms with Gasteiger partial charge in [0.15, 0.2) is 5.69 Å². The first-order valence-electron chi connectivity index (χ1n) is 7.16. The van der Waals surface area contributed by atoms with Gasteiger partial charge in [0.1, 0.15) is 6.10 Å². The molecule has 0 saturated carbocycles. The summed E-state index contributed by atoms with van der Waals surface area (Å²) in [5.41, 5.74) is -1.09. The van der Waals surface area contributed by atoms with Gasteiger partial charge in [0, 0.05) is 12.7 Å². The third-order valence-electron chi connectivity index (χ3n) is 3.49. The minimum Gasteiger partial charge on any atom is -0.459 e. The van der Waals surface area contributed by atoms with Crippen molar-refractivity contribution >= 4 is 10.0 Å². The molecule has 0 radical (unpaired) electrons. The maximum absolute atomic E-state index is 12.6. The maximum Gasteiger partial charge on any atom is 0.433 e. The fourth-order valence-electron chi connectivity index (χ4n) is 2.24. The van der Waals surface area contributed by atoms with Crippen LogP contribution < -0.4 is 4.74 Å². The Morgan fingerprint density at radius 1 is 1.39 bits per heavy atom. The summed E-state index contributed by atoms with van der Waals surface area (Å²) >= 11 is 0. The molecule has 23 heavy (non-hydrogen) atoms.